The molecule has 2 rings (SSSR count). The lowest BCUT2D eigenvalue weighted by molar-refractivity contribution is -0.386. The fraction of sp³-hybridized carbons (Fsp3) is 0.357. The van der Waals surface area contributed by atoms with Crippen molar-refractivity contribution in [2.75, 3.05) is 0 Å². The maximum atomic E-state index is 11.1. The highest BCUT2D eigenvalue weighted by Gasteiger charge is 2.19. The van der Waals surface area contributed by atoms with Crippen LogP contribution >= 0.6 is 0 Å². The summed E-state index contributed by atoms with van der Waals surface area (Å²) in [5.74, 6) is 0.823. The van der Waals surface area contributed by atoms with Crippen LogP contribution in [0.15, 0.2) is 29.0 Å². The highest BCUT2D eigenvalue weighted by atomic mass is 16.6. The van der Waals surface area contributed by atoms with Crippen LogP contribution in [0.1, 0.15) is 35.5 Å². The van der Waals surface area contributed by atoms with Gasteiger partial charge in [0.2, 0.25) is 0 Å². The molecule has 0 aliphatic rings. The van der Waals surface area contributed by atoms with Gasteiger partial charge in [-0.1, -0.05) is 0 Å². The van der Waals surface area contributed by atoms with Gasteiger partial charge in [-0.2, -0.15) is 0 Å². The van der Waals surface area contributed by atoms with Gasteiger partial charge in [0.05, 0.1) is 22.9 Å². The van der Waals surface area contributed by atoms with Gasteiger partial charge in [-0.05, 0) is 32.9 Å². The van der Waals surface area contributed by atoms with E-state index >= 15 is 0 Å². The van der Waals surface area contributed by atoms with Crippen LogP contribution in [0.4, 0.5) is 5.69 Å². The van der Waals surface area contributed by atoms with Gasteiger partial charge in [-0.15, -0.1) is 0 Å². The molecule has 20 heavy (non-hydrogen) atoms. The minimum absolute atomic E-state index is 0.0200. The van der Waals surface area contributed by atoms with Crippen molar-refractivity contribution in [3.8, 4) is 0 Å². The van der Waals surface area contributed by atoms with Gasteiger partial charge in [0, 0.05) is 23.9 Å². The Bertz CT molecular complexity index is 608. The quantitative estimate of drug-likeness (QED) is 0.670. The third-order valence-corrected chi connectivity index (χ3v) is 3.30. The van der Waals surface area contributed by atoms with E-state index in [1.807, 2.05) is 19.1 Å². The number of hydrogen-bond donors (Lipinski definition) is 1. The van der Waals surface area contributed by atoms with Crippen molar-refractivity contribution in [1.29, 1.82) is 0 Å². The molecule has 0 saturated heterocycles. The first-order valence-electron chi connectivity index (χ1n) is 6.37. The van der Waals surface area contributed by atoms with Crippen LogP contribution in [-0.2, 0) is 6.54 Å². The predicted octanol–water partition coefficient (Wildman–Crippen LogP) is 3.05. The van der Waals surface area contributed by atoms with Gasteiger partial charge < -0.3 is 9.73 Å². The first-order chi connectivity index (χ1) is 9.50. The number of nitrogens with one attached hydrogen (secondary N) is 1. The number of furan rings is 1. The summed E-state index contributed by atoms with van der Waals surface area (Å²) >= 11 is 0. The molecule has 0 aromatic carbocycles. The Morgan fingerprint density at radius 1 is 1.50 bits per heavy atom. The molecule has 0 amide bonds. The van der Waals surface area contributed by atoms with E-state index in [4.69, 9.17) is 4.42 Å². The number of pyridine rings is 1. The SMILES string of the molecule is Cc1cnc(CNC(C)c2ccco2)c(C)c1[N+](=O)[O-]. The Morgan fingerprint density at radius 2 is 2.25 bits per heavy atom. The Balaban J connectivity index is 2.14. The maximum Gasteiger partial charge on any atom is 0.278 e. The van der Waals surface area contributed by atoms with Crippen molar-refractivity contribution in [3.05, 3.63) is 57.3 Å². The number of rotatable bonds is 5. The summed E-state index contributed by atoms with van der Waals surface area (Å²) in [6.45, 7) is 5.85. The van der Waals surface area contributed by atoms with E-state index in [1.54, 1.807) is 26.3 Å². The van der Waals surface area contributed by atoms with Crippen LogP contribution in [-0.4, -0.2) is 9.91 Å². The summed E-state index contributed by atoms with van der Waals surface area (Å²) in [6, 6.07) is 3.73. The summed E-state index contributed by atoms with van der Waals surface area (Å²) < 4.78 is 5.30. The first kappa shape index (κ1) is 14.2. The molecule has 6 nitrogen and oxygen atoms in total. The van der Waals surface area contributed by atoms with Crippen molar-refractivity contribution >= 4 is 5.69 Å². The van der Waals surface area contributed by atoms with E-state index < -0.39 is 0 Å². The minimum Gasteiger partial charge on any atom is -0.468 e. The molecule has 2 heterocycles. The van der Waals surface area contributed by atoms with Crippen LogP contribution in [0.2, 0.25) is 0 Å². The Hall–Kier alpha value is -2.21. The number of aromatic nitrogens is 1. The molecule has 2 aromatic rings. The van der Waals surface area contributed by atoms with Gasteiger partial charge in [0.25, 0.3) is 5.69 Å². The molecule has 0 radical (unpaired) electrons. The van der Waals surface area contributed by atoms with Crippen molar-refractivity contribution in [2.45, 2.75) is 33.4 Å². The minimum atomic E-state index is -0.355. The summed E-state index contributed by atoms with van der Waals surface area (Å²) in [6.07, 6.45) is 3.16. The van der Waals surface area contributed by atoms with E-state index in [0.29, 0.717) is 23.4 Å². The summed E-state index contributed by atoms with van der Waals surface area (Å²) in [7, 11) is 0. The lowest BCUT2D eigenvalue weighted by Gasteiger charge is -2.12. The molecule has 0 bridgehead atoms. The molecular weight excluding hydrogens is 258 g/mol. The van der Waals surface area contributed by atoms with Gasteiger partial charge >= 0.3 is 0 Å². The lowest BCUT2D eigenvalue weighted by atomic mass is 10.1. The molecule has 1 N–H and O–H groups in total. The van der Waals surface area contributed by atoms with Crippen LogP contribution < -0.4 is 5.32 Å². The molecule has 0 spiro atoms. The zero-order valence-corrected chi connectivity index (χ0v) is 11.7. The second-order valence-electron chi connectivity index (χ2n) is 4.74. The van der Waals surface area contributed by atoms with Gasteiger partial charge in [0.15, 0.2) is 0 Å². The molecule has 106 valence electrons. The monoisotopic (exact) mass is 275 g/mol. The van der Waals surface area contributed by atoms with E-state index in [-0.39, 0.29) is 16.7 Å². The molecule has 0 aliphatic carbocycles. The molecule has 1 atom stereocenters. The van der Waals surface area contributed by atoms with Crippen LogP contribution in [0.5, 0.6) is 0 Å². The average Bonchev–Trinajstić information content (AvgIpc) is 2.91. The van der Waals surface area contributed by atoms with Gasteiger partial charge in [0.1, 0.15) is 5.76 Å². The Labute approximate surface area is 117 Å². The standard InChI is InChI=1S/C14H17N3O3/c1-9-7-16-12(10(2)14(9)17(18)19)8-15-11(3)13-5-4-6-20-13/h4-7,11,15H,8H2,1-3H3. The average molecular weight is 275 g/mol. The number of aryl methyl sites for hydroxylation is 1. The van der Waals surface area contributed by atoms with Gasteiger partial charge in [-0.25, -0.2) is 0 Å². The van der Waals surface area contributed by atoms with Crippen LogP contribution in [0.3, 0.4) is 0 Å². The van der Waals surface area contributed by atoms with Crippen LogP contribution in [0.25, 0.3) is 0 Å². The number of nitrogens with zero attached hydrogens (tertiary/aromatic N) is 2. The molecule has 0 fully saturated rings. The molecule has 6 heteroatoms. The van der Waals surface area contributed by atoms with Crippen molar-refractivity contribution < 1.29 is 9.34 Å². The van der Waals surface area contributed by atoms with E-state index in [2.05, 4.69) is 10.3 Å². The summed E-state index contributed by atoms with van der Waals surface area (Å²) in [4.78, 5) is 15.0. The second kappa shape index (κ2) is 5.83. The third kappa shape index (κ3) is 2.85. The molecular formula is C14H17N3O3. The van der Waals surface area contributed by atoms with Gasteiger partial charge in [-0.3, -0.25) is 15.1 Å². The van der Waals surface area contributed by atoms with E-state index in [0.717, 1.165) is 5.76 Å². The zero-order chi connectivity index (χ0) is 14.7. The fourth-order valence-electron chi connectivity index (χ4n) is 2.11. The fourth-order valence-corrected chi connectivity index (χ4v) is 2.11. The zero-order valence-electron chi connectivity index (χ0n) is 11.7. The Kier molecular flexibility index (Phi) is 4.14. The number of nitro groups is 1. The van der Waals surface area contributed by atoms with Crippen molar-refractivity contribution in [3.63, 3.8) is 0 Å². The van der Waals surface area contributed by atoms with E-state index in [9.17, 15) is 10.1 Å². The van der Waals surface area contributed by atoms with E-state index in [1.165, 1.54) is 0 Å². The third-order valence-electron chi connectivity index (χ3n) is 3.30. The highest BCUT2D eigenvalue weighted by Crippen LogP contribution is 2.24. The summed E-state index contributed by atoms with van der Waals surface area (Å²) in [5, 5.41) is 14.3. The first-order valence-corrected chi connectivity index (χ1v) is 6.37. The summed E-state index contributed by atoms with van der Waals surface area (Å²) in [5.41, 5.74) is 2.01. The largest absolute Gasteiger partial charge is 0.468 e. The Morgan fingerprint density at radius 3 is 2.85 bits per heavy atom. The normalized spacial score (nSPS) is 12.3. The highest BCUT2D eigenvalue weighted by molar-refractivity contribution is 5.47. The second-order valence-corrected chi connectivity index (χ2v) is 4.74. The smallest absolute Gasteiger partial charge is 0.278 e. The molecule has 0 saturated carbocycles. The number of hydrogen-bond acceptors (Lipinski definition) is 5. The van der Waals surface area contributed by atoms with Crippen molar-refractivity contribution in [1.82, 2.24) is 10.3 Å². The lowest BCUT2D eigenvalue weighted by Crippen LogP contribution is -2.19. The topological polar surface area (TPSA) is 81.2 Å². The molecule has 1 unspecified atom stereocenters. The predicted molar refractivity (Wildman–Crippen MR) is 74.3 cm³/mol. The molecule has 2 aromatic heterocycles. The van der Waals surface area contributed by atoms with Crippen LogP contribution in [0, 0.1) is 24.0 Å². The molecule has 0 aliphatic heterocycles. The van der Waals surface area contributed by atoms with Crippen molar-refractivity contribution in [2.24, 2.45) is 0 Å². The maximum absolute atomic E-state index is 11.1.